The minimum atomic E-state index is -0.0345. The van der Waals surface area contributed by atoms with Gasteiger partial charge in [0, 0.05) is 44.8 Å². The van der Waals surface area contributed by atoms with Crippen molar-refractivity contribution >= 4 is 17.6 Å². The molecule has 130 valence electrons. The Labute approximate surface area is 143 Å². The van der Waals surface area contributed by atoms with Crippen LogP contribution in [0, 0.1) is 0 Å². The summed E-state index contributed by atoms with van der Waals surface area (Å²) in [5.74, 6) is 0.235. The Morgan fingerprint density at radius 1 is 1.04 bits per heavy atom. The number of nitrogens with zero attached hydrogens (tertiary/aromatic N) is 3. The van der Waals surface area contributed by atoms with Crippen molar-refractivity contribution in [3.05, 3.63) is 29.8 Å². The molecule has 1 aromatic rings. The molecule has 2 aliphatic rings. The van der Waals surface area contributed by atoms with Gasteiger partial charge in [0.1, 0.15) is 0 Å². The van der Waals surface area contributed by atoms with E-state index < -0.39 is 0 Å². The Hall–Kier alpha value is -2.08. The third kappa shape index (κ3) is 4.26. The van der Waals surface area contributed by atoms with E-state index in [0.717, 1.165) is 56.8 Å². The highest BCUT2D eigenvalue weighted by atomic mass is 16.2. The lowest BCUT2D eigenvalue weighted by Crippen LogP contribution is -2.37. The second-order valence-electron chi connectivity index (χ2n) is 6.69. The van der Waals surface area contributed by atoms with Crippen LogP contribution in [0.1, 0.15) is 24.8 Å². The van der Waals surface area contributed by atoms with Gasteiger partial charge in [0.2, 0.25) is 5.91 Å². The Morgan fingerprint density at radius 3 is 2.54 bits per heavy atom. The quantitative estimate of drug-likeness (QED) is 0.922. The van der Waals surface area contributed by atoms with Gasteiger partial charge in [-0.2, -0.15) is 0 Å². The van der Waals surface area contributed by atoms with E-state index in [0.29, 0.717) is 13.0 Å². The van der Waals surface area contributed by atoms with E-state index in [-0.39, 0.29) is 11.9 Å². The molecule has 0 aromatic heterocycles. The van der Waals surface area contributed by atoms with Crippen molar-refractivity contribution in [1.29, 1.82) is 0 Å². The van der Waals surface area contributed by atoms with E-state index in [9.17, 15) is 9.59 Å². The van der Waals surface area contributed by atoms with Crippen molar-refractivity contribution in [2.24, 2.45) is 0 Å². The molecule has 24 heavy (non-hydrogen) atoms. The molecule has 1 aromatic carbocycles. The third-order valence-electron chi connectivity index (χ3n) is 4.76. The largest absolute Gasteiger partial charge is 0.338 e. The van der Waals surface area contributed by atoms with Crippen molar-refractivity contribution < 1.29 is 9.59 Å². The van der Waals surface area contributed by atoms with E-state index in [1.807, 2.05) is 34.1 Å². The molecule has 2 heterocycles. The van der Waals surface area contributed by atoms with Crippen molar-refractivity contribution in [2.45, 2.75) is 25.8 Å². The molecule has 0 radical (unpaired) electrons. The van der Waals surface area contributed by atoms with Crippen LogP contribution >= 0.6 is 0 Å². The van der Waals surface area contributed by atoms with Gasteiger partial charge in [0.05, 0.1) is 0 Å². The van der Waals surface area contributed by atoms with E-state index in [1.165, 1.54) is 0 Å². The fraction of sp³-hybridized carbons (Fsp3) is 0.556. The lowest BCUT2D eigenvalue weighted by Gasteiger charge is -2.21. The van der Waals surface area contributed by atoms with Crippen molar-refractivity contribution in [3.8, 4) is 0 Å². The summed E-state index contributed by atoms with van der Waals surface area (Å²) >= 11 is 0. The molecule has 3 amide bonds. The first kappa shape index (κ1) is 16.8. The average molecular weight is 330 g/mol. The van der Waals surface area contributed by atoms with Crippen LogP contribution in [0.2, 0.25) is 0 Å². The van der Waals surface area contributed by atoms with Gasteiger partial charge in [0.25, 0.3) is 0 Å². The van der Waals surface area contributed by atoms with Gasteiger partial charge in [-0.15, -0.1) is 0 Å². The zero-order valence-electron chi connectivity index (χ0n) is 14.3. The van der Waals surface area contributed by atoms with Gasteiger partial charge < -0.3 is 20.0 Å². The number of anilines is 1. The van der Waals surface area contributed by atoms with Crippen LogP contribution in [-0.2, 0) is 11.3 Å². The molecular weight excluding hydrogens is 304 g/mol. The van der Waals surface area contributed by atoms with Crippen LogP contribution in [0.4, 0.5) is 10.5 Å². The Bertz CT molecular complexity index is 587. The maximum Gasteiger partial charge on any atom is 0.321 e. The Balaban J connectivity index is 1.53. The summed E-state index contributed by atoms with van der Waals surface area (Å²) in [5.41, 5.74) is 1.90. The molecule has 3 rings (SSSR count). The number of rotatable bonds is 3. The molecular formula is C18H26N4O2. The van der Waals surface area contributed by atoms with Crippen LogP contribution < -0.4 is 5.32 Å². The van der Waals surface area contributed by atoms with E-state index in [4.69, 9.17) is 0 Å². The zero-order chi connectivity index (χ0) is 16.9. The average Bonchev–Trinajstić information content (AvgIpc) is 2.84. The van der Waals surface area contributed by atoms with Crippen LogP contribution in [0.15, 0.2) is 24.3 Å². The van der Waals surface area contributed by atoms with Gasteiger partial charge in [0.15, 0.2) is 0 Å². The predicted octanol–water partition coefficient (Wildman–Crippen LogP) is 1.98. The van der Waals surface area contributed by atoms with Crippen LogP contribution in [0.25, 0.3) is 0 Å². The number of nitrogens with one attached hydrogen (secondary N) is 1. The molecule has 0 bridgehead atoms. The maximum atomic E-state index is 12.4. The molecule has 1 N–H and O–H groups in total. The van der Waals surface area contributed by atoms with Crippen LogP contribution in [0.5, 0.6) is 0 Å². The number of carbonyl (C=O) groups is 2. The van der Waals surface area contributed by atoms with Gasteiger partial charge in [-0.05, 0) is 44.1 Å². The lowest BCUT2D eigenvalue weighted by molar-refractivity contribution is -0.128. The summed E-state index contributed by atoms with van der Waals surface area (Å²) in [6.07, 6.45) is 2.63. The first-order valence-corrected chi connectivity index (χ1v) is 8.73. The molecule has 0 unspecified atom stereocenters. The molecule has 2 fully saturated rings. The van der Waals surface area contributed by atoms with E-state index in [1.54, 1.807) is 0 Å². The van der Waals surface area contributed by atoms with Gasteiger partial charge in [-0.3, -0.25) is 4.79 Å². The monoisotopic (exact) mass is 330 g/mol. The minimum Gasteiger partial charge on any atom is -0.338 e. The number of likely N-dealkylation sites (N-methyl/N-ethyl adjacent to an activating group) is 1. The Morgan fingerprint density at radius 2 is 1.83 bits per heavy atom. The number of amides is 3. The molecule has 2 saturated heterocycles. The second-order valence-corrected chi connectivity index (χ2v) is 6.69. The van der Waals surface area contributed by atoms with E-state index >= 15 is 0 Å². The highest BCUT2D eigenvalue weighted by Crippen LogP contribution is 2.16. The maximum absolute atomic E-state index is 12.4. The lowest BCUT2D eigenvalue weighted by atomic mass is 10.2. The summed E-state index contributed by atoms with van der Waals surface area (Å²) in [5, 5.41) is 2.97. The zero-order valence-corrected chi connectivity index (χ0v) is 14.3. The summed E-state index contributed by atoms with van der Waals surface area (Å²) in [6.45, 7) is 5.01. The molecule has 0 aliphatic carbocycles. The summed E-state index contributed by atoms with van der Waals surface area (Å²) < 4.78 is 0. The number of urea groups is 1. The number of likely N-dealkylation sites (tertiary alicyclic amines) is 1. The van der Waals surface area contributed by atoms with Crippen molar-refractivity contribution in [1.82, 2.24) is 14.7 Å². The predicted molar refractivity (Wildman–Crippen MR) is 93.8 cm³/mol. The molecule has 6 heteroatoms. The van der Waals surface area contributed by atoms with Crippen LogP contribution in [0.3, 0.4) is 0 Å². The van der Waals surface area contributed by atoms with Crippen molar-refractivity contribution in [3.63, 3.8) is 0 Å². The van der Waals surface area contributed by atoms with Gasteiger partial charge in [-0.25, -0.2) is 4.79 Å². The highest BCUT2D eigenvalue weighted by molar-refractivity contribution is 5.89. The first-order chi connectivity index (χ1) is 11.6. The first-order valence-electron chi connectivity index (χ1n) is 8.73. The van der Waals surface area contributed by atoms with E-state index in [2.05, 4.69) is 17.3 Å². The fourth-order valence-electron chi connectivity index (χ4n) is 3.24. The highest BCUT2D eigenvalue weighted by Gasteiger charge is 2.20. The number of hydrogen-bond acceptors (Lipinski definition) is 3. The number of hydrogen-bond donors (Lipinski definition) is 1. The Kier molecular flexibility index (Phi) is 5.35. The smallest absolute Gasteiger partial charge is 0.321 e. The van der Waals surface area contributed by atoms with Crippen LogP contribution in [-0.4, -0.2) is 66.4 Å². The second kappa shape index (κ2) is 7.66. The van der Waals surface area contributed by atoms with Gasteiger partial charge in [-0.1, -0.05) is 12.1 Å². The summed E-state index contributed by atoms with van der Waals surface area (Å²) in [6, 6.07) is 7.76. The van der Waals surface area contributed by atoms with Crippen molar-refractivity contribution in [2.75, 3.05) is 45.1 Å². The molecule has 0 saturated carbocycles. The SMILES string of the molecule is CN1CCCN(C(=O)Nc2ccc(CN3CCCC3=O)cc2)CC1. The molecule has 2 aliphatic heterocycles. The molecule has 0 spiro atoms. The standard InChI is InChI=1S/C18H26N4O2/c1-20-9-3-11-21(13-12-20)18(24)19-16-7-5-15(6-8-16)14-22-10-2-4-17(22)23/h5-8H,2-4,9-14H2,1H3,(H,19,24). The summed E-state index contributed by atoms with van der Waals surface area (Å²) in [7, 11) is 2.09. The molecule has 6 nitrogen and oxygen atoms in total. The topological polar surface area (TPSA) is 55.9 Å². The fourth-order valence-corrected chi connectivity index (χ4v) is 3.24. The molecule has 0 atom stereocenters. The number of benzene rings is 1. The number of carbonyl (C=O) groups excluding carboxylic acids is 2. The summed E-state index contributed by atoms with van der Waals surface area (Å²) in [4.78, 5) is 30.1. The third-order valence-corrected chi connectivity index (χ3v) is 4.76. The van der Waals surface area contributed by atoms with Gasteiger partial charge >= 0.3 is 6.03 Å². The minimum absolute atomic E-state index is 0.0345. The normalized spacial score (nSPS) is 19.5.